The smallest absolute Gasteiger partial charge is 0.325 e. The van der Waals surface area contributed by atoms with E-state index in [9.17, 15) is 14.4 Å². The fraction of sp³-hybridized carbons (Fsp3) is 0.483. The standard InChI is InChI=1S/C29H36ClN3O4/c1-28(2,3)22-12-15-29(16-13-22)19-32(24-10-8-23(30)9-11-24)27(37)33(29)18-20-4-6-21(7-5-20)26(36)31-17-14-25(34)35/h4-11,22H,12-19H2,1-3H3,(H,31,36)(H,34,35). The van der Waals surface area contributed by atoms with Gasteiger partial charge in [0.2, 0.25) is 0 Å². The number of aliphatic carboxylic acids is 1. The zero-order valence-electron chi connectivity index (χ0n) is 21.8. The number of amides is 3. The van der Waals surface area contributed by atoms with Gasteiger partial charge in [-0.15, -0.1) is 0 Å². The molecule has 7 nitrogen and oxygen atoms in total. The van der Waals surface area contributed by atoms with Gasteiger partial charge in [-0.2, -0.15) is 0 Å². The zero-order chi connectivity index (χ0) is 26.8. The monoisotopic (exact) mass is 525 g/mol. The van der Waals surface area contributed by atoms with Crippen LogP contribution in [0, 0.1) is 11.3 Å². The van der Waals surface area contributed by atoms with Gasteiger partial charge < -0.3 is 15.3 Å². The van der Waals surface area contributed by atoms with Crippen molar-refractivity contribution in [1.29, 1.82) is 0 Å². The molecule has 198 valence electrons. The highest BCUT2D eigenvalue weighted by Crippen LogP contribution is 2.47. The number of nitrogens with one attached hydrogen (secondary N) is 1. The van der Waals surface area contributed by atoms with Crippen molar-refractivity contribution >= 4 is 35.2 Å². The molecule has 2 fully saturated rings. The van der Waals surface area contributed by atoms with E-state index in [2.05, 4.69) is 26.1 Å². The lowest BCUT2D eigenvalue weighted by atomic mass is 9.67. The first-order valence-electron chi connectivity index (χ1n) is 12.9. The summed E-state index contributed by atoms with van der Waals surface area (Å²) in [6.45, 7) is 8.08. The highest BCUT2D eigenvalue weighted by atomic mass is 35.5. The van der Waals surface area contributed by atoms with Crippen molar-refractivity contribution in [2.45, 2.75) is 65.0 Å². The van der Waals surface area contributed by atoms with E-state index in [-0.39, 0.29) is 35.9 Å². The minimum atomic E-state index is -0.955. The highest BCUT2D eigenvalue weighted by molar-refractivity contribution is 6.30. The predicted octanol–water partition coefficient (Wildman–Crippen LogP) is 5.96. The molecule has 3 amide bonds. The fourth-order valence-corrected chi connectivity index (χ4v) is 5.76. The normalized spacial score (nSPS) is 21.9. The summed E-state index contributed by atoms with van der Waals surface area (Å²) in [6.07, 6.45) is 3.95. The maximum Gasteiger partial charge on any atom is 0.325 e. The number of hydrogen-bond acceptors (Lipinski definition) is 3. The van der Waals surface area contributed by atoms with Gasteiger partial charge in [0.05, 0.1) is 18.5 Å². The molecule has 8 heteroatoms. The lowest BCUT2D eigenvalue weighted by Gasteiger charge is -2.45. The summed E-state index contributed by atoms with van der Waals surface area (Å²) >= 11 is 6.10. The van der Waals surface area contributed by atoms with Crippen molar-refractivity contribution in [3.05, 3.63) is 64.7 Å². The Morgan fingerprint density at radius 1 is 1.05 bits per heavy atom. The van der Waals surface area contributed by atoms with Crippen LogP contribution in [0.5, 0.6) is 0 Å². The van der Waals surface area contributed by atoms with Crippen LogP contribution in [0.4, 0.5) is 10.5 Å². The zero-order valence-corrected chi connectivity index (χ0v) is 22.6. The molecule has 2 aromatic rings. The first kappa shape index (κ1) is 27.0. The van der Waals surface area contributed by atoms with Crippen LogP contribution in [-0.4, -0.2) is 46.5 Å². The van der Waals surface area contributed by atoms with E-state index in [1.54, 1.807) is 12.1 Å². The van der Waals surface area contributed by atoms with Gasteiger partial charge in [-0.05, 0) is 79.0 Å². The van der Waals surface area contributed by atoms with Gasteiger partial charge in [0.25, 0.3) is 5.91 Å². The van der Waals surface area contributed by atoms with Crippen LogP contribution in [0.3, 0.4) is 0 Å². The summed E-state index contributed by atoms with van der Waals surface area (Å²) in [5.74, 6) is -0.640. The molecular formula is C29H36ClN3O4. The van der Waals surface area contributed by atoms with Gasteiger partial charge in [0.15, 0.2) is 0 Å². The minimum absolute atomic E-state index is 0.00739. The van der Waals surface area contributed by atoms with E-state index in [0.29, 0.717) is 29.6 Å². The molecule has 2 aromatic carbocycles. The summed E-state index contributed by atoms with van der Waals surface area (Å²) in [6, 6.07) is 14.6. The average molecular weight is 526 g/mol. The molecule has 0 radical (unpaired) electrons. The van der Waals surface area contributed by atoms with Crippen molar-refractivity contribution in [2.24, 2.45) is 11.3 Å². The van der Waals surface area contributed by atoms with E-state index < -0.39 is 5.97 Å². The molecule has 0 atom stereocenters. The number of anilines is 1. The second-order valence-corrected chi connectivity index (χ2v) is 11.8. The molecule has 1 aliphatic heterocycles. The number of nitrogens with zero attached hydrogens (tertiary/aromatic N) is 2. The van der Waals surface area contributed by atoms with Gasteiger partial charge >= 0.3 is 12.0 Å². The summed E-state index contributed by atoms with van der Waals surface area (Å²) in [7, 11) is 0. The number of carbonyl (C=O) groups is 3. The second-order valence-electron chi connectivity index (χ2n) is 11.4. The summed E-state index contributed by atoms with van der Waals surface area (Å²) in [5, 5.41) is 12.0. The second kappa shape index (κ2) is 10.7. The Hall–Kier alpha value is -3.06. The maximum atomic E-state index is 13.8. The molecule has 0 bridgehead atoms. The third-order valence-corrected chi connectivity index (χ3v) is 8.20. The number of urea groups is 1. The van der Waals surface area contributed by atoms with Gasteiger partial charge in [0.1, 0.15) is 0 Å². The van der Waals surface area contributed by atoms with Crippen molar-refractivity contribution in [3.63, 3.8) is 0 Å². The van der Waals surface area contributed by atoms with Gasteiger partial charge in [-0.1, -0.05) is 44.5 Å². The largest absolute Gasteiger partial charge is 0.481 e. The number of benzene rings is 2. The highest BCUT2D eigenvalue weighted by Gasteiger charge is 2.52. The third kappa shape index (κ3) is 6.09. The van der Waals surface area contributed by atoms with Crippen LogP contribution in [0.15, 0.2) is 48.5 Å². The molecule has 4 rings (SSSR count). The summed E-state index contributed by atoms with van der Waals surface area (Å²) < 4.78 is 0. The van der Waals surface area contributed by atoms with Crippen LogP contribution < -0.4 is 10.2 Å². The summed E-state index contributed by atoms with van der Waals surface area (Å²) in [4.78, 5) is 40.7. The van der Waals surface area contributed by atoms with Crippen LogP contribution in [0.25, 0.3) is 0 Å². The molecular weight excluding hydrogens is 490 g/mol. The lowest BCUT2D eigenvalue weighted by molar-refractivity contribution is -0.136. The van der Waals surface area contributed by atoms with Crippen molar-refractivity contribution in [2.75, 3.05) is 18.0 Å². The quantitative estimate of drug-likeness (QED) is 0.466. The molecule has 2 aliphatic rings. The third-order valence-electron chi connectivity index (χ3n) is 7.95. The van der Waals surface area contributed by atoms with Crippen LogP contribution in [-0.2, 0) is 11.3 Å². The molecule has 1 spiro atoms. The van der Waals surface area contributed by atoms with E-state index in [4.69, 9.17) is 16.7 Å². The van der Waals surface area contributed by atoms with E-state index in [0.717, 1.165) is 36.9 Å². The SMILES string of the molecule is CC(C)(C)C1CCC2(CC1)CN(c1ccc(Cl)cc1)C(=O)N2Cc1ccc(C(=O)NCCC(=O)O)cc1. The number of carboxylic acid groups (broad SMARTS) is 1. The Morgan fingerprint density at radius 2 is 1.68 bits per heavy atom. The lowest BCUT2D eigenvalue weighted by Crippen LogP contribution is -2.50. The maximum absolute atomic E-state index is 13.8. The van der Waals surface area contributed by atoms with Gasteiger partial charge in [0, 0.05) is 29.4 Å². The van der Waals surface area contributed by atoms with E-state index in [1.165, 1.54) is 0 Å². The van der Waals surface area contributed by atoms with Crippen LogP contribution in [0.1, 0.15) is 68.8 Å². The molecule has 1 heterocycles. The van der Waals surface area contributed by atoms with Crippen molar-refractivity contribution < 1.29 is 19.5 Å². The Morgan fingerprint density at radius 3 is 2.24 bits per heavy atom. The molecule has 0 unspecified atom stereocenters. The first-order chi connectivity index (χ1) is 17.5. The van der Waals surface area contributed by atoms with Crippen LogP contribution >= 0.6 is 11.6 Å². The Labute approximate surface area is 223 Å². The molecule has 1 saturated carbocycles. The Kier molecular flexibility index (Phi) is 7.83. The fourth-order valence-electron chi connectivity index (χ4n) is 5.63. The predicted molar refractivity (Wildman–Crippen MR) is 145 cm³/mol. The number of rotatable bonds is 7. The molecule has 37 heavy (non-hydrogen) atoms. The van der Waals surface area contributed by atoms with Crippen molar-refractivity contribution in [3.8, 4) is 0 Å². The van der Waals surface area contributed by atoms with Gasteiger partial charge in [-0.25, -0.2) is 4.79 Å². The molecule has 1 aliphatic carbocycles. The first-order valence-corrected chi connectivity index (χ1v) is 13.3. The van der Waals surface area contributed by atoms with Crippen LogP contribution in [0.2, 0.25) is 5.02 Å². The van der Waals surface area contributed by atoms with Gasteiger partial charge in [-0.3, -0.25) is 14.5 Å². The summed E-state index contributed by atoms with van der Waals surface area (Å²) in [5.41, 5.74) is 2.26. The Balaban J connectivity index is 1.53. The molecule has 2 N–H and O–H groups in total. The topological polar surface area (TPSA) is 90.0 Å². The number of carboxylic acids is 1. The Bertz CT molecular complexity index is 1130. The average Bonchev–Trinajstić information content (AvgIpc) is 3.10. The number of hydrogen-bond donors (Lipinski definition) is 2. The van der Waals surface area contributed by atoms with E-state index >= 15 is 0 Å². The molecule has 0 aromatic heterocycles. The van der Waals surface area contributed by atoms with Crippen molar-refractivity contribution in [1.82, 2.24) is 10.2 Å². The number of carbonyl (C=O) groups excluding carboxylic acids is 2. The minimum Gasteiger partial charge on any atom is -0.481 e. The number of halogens is 1. The molecule has 1 saturated heterocycles. The van der Waals surface area contributed by atoms with E-state index in [1.807, 2.05) is 46.2 Å².